The molecule has 0 bridgehead atoms. The van der Waals surface area contributed by atoms with E-state index >= 15 is 0 Å². The fourth-order valence-electron chi connectivity index (χ4n) is 3.46. The van der Waals surface area contributed by atoms with E-state index in [-0.39, 0.29) is 17.7 Å². The molecule has 1 atom stereocenters. The predicted octanol–water partition coefficient (Wildman–Crippen LogP) is 1.83. The highest BCUT2D eigenvalue weighted by Crippen LogP contribution is 2.31. The standard InChI is InChI=1S/C19H20N4O2/c24-18(14-5-8-21-11-14)22-16-3-4-17-13(10-16)6-9-23(17)19(25)15-2-1-7-20-12-15/h1-4,7,10,12,14,21H,5-6,8-9,11H2,(H,22,24)/t14-/m1/s1. The summed E-state index contributed by atoms with van der Waals surface area (Å²) in [6.07, 6.45) is 4.91. The molecule has 0 unspecified atom stereocenters. The van der Waals surface area contributed by atoms with Gasteiger partial charge in [-0.1, -0.05) is 0 Å². The molecule has 0 spiro atoms. The molecule has 0 saturated carbocycles. The Morgan fingerprint density at radius 1 is 1.28 bits per heavy atom. The van der Waals surface area contributed by atoms with Crippen LogP contribution in [0.5, 0.6) is 0 Å². The highest BCUT2D eigenvalue weighted by Gasteiger charge is 2.27. The zero-order valence-corrected chi connectivity index (χ0v) is 13.9. The Morgan fingerprint density at radius 2 is 2.20 bits per heavy atom. The molecule has 1 fully saturated rings. The first-order chi connectivity index (χ1) is 12.2. The predicted molar refractivity (Wildman–Crippen MR) is 95.7 cm³/mol. The van der Waals surface area contributed by atoms with E-state index in [0.717, 1.165) is 42.9 Å². The van der Waals surface area contributed by atoms with Crippen LogP contribution in [0.1, 0.15) is 22.3 Å². The number of pyridine rings is 1. The summed E-state index contributed by atoms with van der Waals surface area (Å²) in [6, 6.07) is 9.30. The Morgan fingerprint density at radius 3 is 2.96 bits per heavy atom. The lowest BCUT2D eigenvalue weighted by Gasteiger charge is -2.17. The molecule has 2 aliphatic heterocycles. The third kappa shape index (κ3) is 3.13. The number of amides is 2. The Balaban J connectivity index is 1.50. The van der Waals surface area contributed by atoms with Gasteiger partial charge in [0.25, 0.3) is 5.91 Å². The summed E-state index contributed by atoms with van der Waals surface area (Å²) >= 11 is 0. The van der Waals surface area contributed by atoms with Crippen LogP contribution in [0, 0.1) is 5.92 Å². The van der Waals surface area contributed by atoms with Gasteiger partial charge in [-0.05, 0) is 55.3 Å². The number of carbonyl (C=O) groups excluding carboxylic acids is 2. The second-order valence-corrected chi connectivity index (χ2v) is 6.47. The number of hydrogen-bond acceptors (Lipinski definition) is 4. The maximum Gasteiger partial charge on any atom is 0.259 e. The zero-order chi connectivity index (χ0) is 17.2. The summed E-state index contributed by atoms with van der Waals surface area (Å²) in [4.78, 5) is 30.7. The van der Waals surface area contributed by atoms with Crippen molar-refractivity contribution in [2.45, 2.75) is 12.8 Å². The molecule has 6 heteroatoms. The topological polar surface area (TPSA) is 74.3 Å². The number of hydrogen-bond donors (Lipinski definition) is 2. The number of aromatic nitrogens is 1. The average Bonchev–Trinajstić information content (AvgIpc) is 3.31. The normalized spacial score (nSPS) is 18.9. The maximum absolute atomic E-state index is 12.7. The molecule has 1 aromatic heterocycles. The Kier molecular flexibility index (Phi) is 4.19. The van der Waals surface area contributed by atoms with E-state index in [0.29, 0.717) is 12.1 Å². The van der Waals surface area contributed by atoms with Gasteiger partial charge in [-0.2, -0.15) is 0 Å². The smallest absolute Gasteiger partial charge is 0.259 e. The van der Waals surface area contributed by atoms with Gasteiger partial charge in [-0.3, -0.25) is 14.6 Å². The van der Waals surface area contributed by atoms with Crippen molar-refractivity contribution in [2.24, 2.45) is 5.92 Å². The van der Waals surface area contributed by atoms with E-state index in [9.17, 15) is 9.59 Å². The largest absolute Gasteiger partial charge is 0.326 e. The Labute approximate surface area is 146 Å². The van der Waals surface area contributed by atoms with Gasteiger partial charge in [-0.15, -0.1) is 0 Å². The molecule has 25 heavy (non-hydrogen) atoms. The van der Waals surface area contributed by atoms with Crippen molar-refractivity contribution in [3.8, 4) is 0 Å². The first-order valence-corrected chi connectivity index (χ1v) is 8.59. The molecule has 1 saturated heterocycles. The van der Waals surface area contributed by atoms with Crippen LogP contribution >= 0.6 is 0 Å². The van der Waals surface area contributed by atoms with E-state index in [1.54, 1.807) is 29.4 Å². The van der Waals surface area contributed by atoms with Crippen LogP contribution in [0.25, 0.3) is 0 Å². The van der Waals surface area contributed by atoms with E-state index in [1.807, 2.05) is 18.2 Å². The van der Waals surface area contributed by atoms with E-state index in [4.69, 9.17) is 0 Å². The molecule has 0 radical (unpaired) electrons. The van der Waals surface area contributed by atoms with Crippen molar-refractivity contribution in [2.75, 3.05) is 29.9 Å². The van der Waals surface area contributed by atoms with Gasteiger partial charge in [0, 0.05) is 36.9 Å². The second-order valence-electron chi connectivity index (χ2n) is 6.47. The minimum atomic E-state index is -0.0411. The van der Waals surface area contributed by atoms with Gasteiger partial charge < -0.3 is 15.5 Å². The third-order valence-corrected chi connectivity index (χ3v) is 4.83. The second kappa shape index (κ2) is 6.64. The minimum absolute atomic E-state index is 0.0388. The number of anilines is 2. The lowest BCUT2D eigenvalue weighted by Crippen LogP contribution is -2.28. The quantitative estimate of drug-likeness (QED) is 0.897. The SMILES string of the molecule is O=C(Nc1ccc2c(c1)CCN2C(=O)c1cccnc1)[C@@H]1CCNC1. The van der Waals surface area contributed by atoms with Crippen LogP contribution in [0.15, 0.2) is 42.7 Å². The van der Waals surface area contributed by atoms with Crippen LogP contribution in [0.4, 0.5) is 11.4 Å². The molecule has 1 aromatic carbocycles. The van der Waals surface area contributed by atoms with Crippen molar-refractivity contribution < 1.29 is 9.59 Å². The molecule has 4 rings (SSSR count). The lowest BCUT2D eigenvalue weighted by molar-refractivity contribution is -0.119. The number of rotatable bonds is 3. The summed E-state index contributed by atoms with van der Waals surface area (Å²) < 4.78 is 0. The monoisotopic (exact) mass is 336 g/mol. The molecule has 128 valence electrons. The summed E-state index contributed by atoms with van der Waals surface area (Å²) in [5.74, 6) is 0.0591. The fraction of sp³-hybridized carbons (Fsp3) is 0.316. The summed E-state index contributed by atoms with van der Waals surface area (Å²) in [7, 11) is 0. The molecular weight excluding hydrogens is 316 g/mol. The van der Waals surface area contributed by atoms with Gasteiger partial charge in [0.05, 0.1) is 11.5 Å². The highest BCUT2D eigenvalue weighted by molar-refractivity contribution is 6.07. The van der Waals surface area contributed by atoms with Gasteiger partial charge in [0.2, 0.25) is 5.91 Å². The Bertz CT molecular complexity index is 800. The molecule has 0 aliphatic carbocycles. The third-order valence-electron chi connectivity index (χ3n) is 4.83. The van der Waals surface area contributed by atoms with Gasteiger partial charge >= 0.3 is 0 Å². The minimum Gasteiger partial charge on any atom is -0.326 e. The highest BCUT2D eigenvalue weighted by atomic mass is 16.2. The molecule has 2 aromatic rings. The van der Waals surface area contributed by atoms with Gasteiger partial charge in [-0.25, -0.2) is 0 Å². The van der Waals surface area contributed by atoms with Crippen molar-refractivity contribution in [3.05, 3.63) is 53.9 Å². The molecule has 2 N–H and O–H groups in total. The summed E-state index contributed by atoms with van der Waals surface area (Å²) in [5, 5.41) is 6.20. The van der Waals surface area contributed by atoms with Gasteiger partial charge in [0.1, 0.15) is 0 Å². The average molecular weight is 336 g/mol. The van der Waals surface area contributed by atoms with Crippen LogP contribution in [-0.4, -0.2) is 36.4 Å². The number of fused-ring (bicyclic) bond motifs is 1. The molecular formula is C19H20N4O2. The first kappa shape index (κ1) is 15.8. The summed E-state index contributed by atoms with van der Waals surface area (Å²) in [5.41, 5.74) is 3.38. The van der Waals surface area contributed by atoms with Crippen molar-refractivity contribution in [1.29, 1.82) is 0 Å². The van der Waals surface area contributed by atoms with E-state index in [1.165, 1.54) is 0 Å². The zero-order valence-electron chi connectivity index (χ0n) is 13.9. The summed E-state index contributed by atoms with van der Waals surface area (Å²) in [6.45, 7) is 2.28. The fourth-order valence-corrected chi connectivity index (χ4v) is 3.46. The number of carbonyl (C=O) groups is 2. The van der Waals surface area contributed by atoms with E-state index in [2.05, 4.69) is 15.6 Å². The lowest BCUT2D eigenvalue weighted by atomic mass is 10.1. The molecule has 3 heterocycles. The van der Waals surface area contributed by atoms with E-state index < -0.39 is 0 Å². The maximum atomic E-state index is 12.7. The van der Waals surface area contributed by atoms with Crippen molar-refractivity contribution >= 4 is 23.2 Å². The van der Waals surface area contributed by atoms with Crippen molar-refractivity contribution in [1.82, 2.24) is 10.3 Å². The van der Waals surface area contributed by atoms with Crippen LogP contribution in [0.2, 0.25) is 0 Å². The van der Waals surface area contributed by atoms with Crippen LogP contribution < -0.4 is 15.5 Å². The van der Waals surface area contributed by atoms with Gasteiger partial charge in [0.15, 0.2) is 0 Å². The number of nitrogens with zero attached hydrogens (tertiary/aromatic N) is 2. The number of benzene rings is 1. The molecule has 6 nitrogen and oxygen atoms in total. The van der Waals surface area contributed by atoms with Crippen molar-refractivity contribution in [3.63, 3.8) is 0 Å². The first-order valence-electron chi connectivity index (χ1n) is 8.59. The Hall–Kier alpha value is -2.73. The van der Waals surface area contributed by atoms with Crippen LogP contribution in [-0.2, 0) is 11.2 Å². The molecule has 2 aliphatic rings. The number of nitrogens with one attached hydrogen (secondary N) is 2. The van der Waals surface area contributed by atoms with Crippen LogP contribution in [0.3, 0.4) is 0 Å². The molecule has 2 amide bonds.